The fourth-order valence-electron chi connectivity index (χ4n) is 2.60. The van der Waals surface area contributed by atoms with E-state index in [0.717, 1.165) is 22.2 Å². The first-order chi connectivity index (χ1) is 13.1. The number of benzene rings is 2. The molecule has 0 unspecified atom stereocenters. The van der Waals surface area contributed by atoms with Crippen LogP contribution in [0.1, 0.15) is 28.3 Å². The highest BCUT2D eigenvalue weighted by Crippen LogP contribution is 2.17. The molecule has 1 aromatic heterocycles. The maximum absolute atomic E-state index is 12.4. The molecule has 0 aliphatic heterocycles. The third-order valence-corrected chi connectivity index (χ3v) is 5.88. The Morgan fingerprint density at radius 3 is 2.48 bits per heavy atom. The summed E-state index contributed by atoms with van der Waals surface area (Å²) in [5.41, 5.74) is 1.25. The van der Waals surface area contributed by atoms with Crippen LogP contribution in [0.15, 0.2) is 80.5 Å². The number of amides is 1. The summed E-state index contributed by atoms with van der Waals surface area (Å²) in [6.45, 7) is 0.578. The third kappa shape index (κ3) is 5.91. The minimum atomic E-state index is -1.22. The van der Waals surface area contributed by atoms with Crippen LogP contribution < -0.4 is 5.32 Å². The Morgan fingerprint density at radius 2 is 1.74 bits per heavy atom. The zero-order valence-corrected chi connectivity index (χ0v) is 17.1. The predicted molar refractivity (Wildman–Crippen MR) is 110 cm³/mol. The van der Waals surface area contributed by atoms with Gasteiger partial charge in [0.1, 0.15) is 5.76 Å². The van der Waals surface area contributed by atoms with Crippen LogP contribution in [-0.4, -0.2) is 16.7 Å². The molecule has 0 bridgehead atoms. The highest BCUT2D eigenvalue weighted by Gasteiger charge is 2.13. The van der Waals surface area contributed by atoms with E-state index in [0.29, 0.717) is 12.3 Å². The second kappa shape index (κ2) is 9.67. The van der Waals surface area contributed by atoms with Crippen LogP contribution in [0.2, 0.25) is 0 Å². The van der Waals surface area contributed by atoms with E-state index < -0.39 is 10.8 Å². The SMILES string of the molecule is O=C(NCCCc1ccccc1)c1ccc(C[S@@](=O)c2ccc(Br)cc2)o1. The monoisotopic (exact) mass is 445 g/mol. The summed E-state index contributed by atoms with van der Waals surface area (Å²) >= 11 is 3.36. The first-order valence-corrected chi connectivity index (χ1v) is 10.8. The van der Waals surface area contributed by atoms with Gasteiger partial charge in [-0.25, -0.2) is 0 Å². The summed E-state index contributed by atoms with van der Waals surface area (Å²) in [7, 11) is -1.22. The normalized spacial score (nSPS) is 11.9. The van der Waals surface area contributed by atoms with Gasteiger partial charge in [-0.05, 0) is 54.8 Å². The van der Waals surface area contributed by atoms with Crippen molar-refractivity contribution >= 4 is 32.6 Å². The van der Waals surface area contributed by atoms with Gasteiger partial charge in [0.15, 0.2) is 5.76 Å². The Morgan fingerprint density at radius 1 is 1.00 bits per heavy atom. The lowest BCUT2D eigenvalue weighted by Crippen LogP contribution is -2.24. The number of carbonyl (C=O) groups excluding carboxylic acids is 1. The standard InChI is InChI=1S/C21H20BrNO3S/c22-17-8-11-19(12-9-17)27(25)15-18-10-13-20(26-18)21(24)23-14-4-7-16-5-2-1-3-6-16/h1-3,5-6,8-13H,4,7,14-15H2,(H,23,24)/t27-/m1/s1. The Bertz CT molecular complexity index is 907. The molecule has 6 heteroatoms. The quantitative estimate of drug-likeness (QED) is 0.510. The van der Waals surface area contributed by atoms with Gasteiger partial charge < -0.3 is 9.73 Å². The Labute approximate surface area is 169 Å². The van der Waals surface area contributed by atoms with Crippen molar-refractivity contribution in [2.75, 3.05) is 6.54 Å². The molecule has 0 radical (unpaired) electrons. The minimum absolute atomic E-state index is 0.239. The molecule has 0 saturated heterocycles. The first-order valence-electron chi connectivity index (χ1n) is 8.66. The highest BCUT2D eigenvalue weighted by atomic mass is 79.9. The van der Waals surface area contributed by atoms with Crippen LogP contribution in [0, 0.1) is 0 Å². The number of hydrogen-bond acceptors (Lipinski definition) is 3. The zero-order valence-electron chi connectivity index (χ0n) is 14.7. The lowest BCUT2D eigenvalue weighted by molar-refractivity contribution is 0.0924. The van der Waals surface area contributed by atoms with Crippen molar-refractivity contribution in [3.05, 3.63) is 88.3 Å². The van der Waals surface area contributed by atoms with Crippen molar-refractivity contribution in [2.45, 2.75) is 23.5 Å². The van der Waals surface area contributed by atoms with Gasteiger partial charge in [-0.2, -0.15) is 0 Å². The van der Waals surface area contributed by atoms with E-state index in [1.807, 2.05) is 42.5 Å². The van der Waals surface area contributed by atoms with E-state index in [9.17, 15) is 9.00 Å². The van der Waals surface area contributed by atoms with Crippen LogP contribution >= 0.6 is 15.9 Å². The summed E-state index contributed by atoms with van der Waals surface area (Å²) in [5, 5.41) is 2.86. The van der Waals surface area contributed by atoms with Gasteiger partial charge in [-0.1, -0.05) is 46.3 Å². The second-order valence-electron chi connectivity index (χ2n) is 6.05. The van der Waals surface area contributed by atoms with Crippen molar-refractivity contribution in [3.8, 4) is 0 Å². The van der Waals surface area contributed by atoms with Crippen molar-refractivity contribution in [1.29, 1.82) is 0 Å². The maximum atomic E-state index is 12.4. The number of nitrogens with one attached hydrogen (secondary N) is 1. The van der Waals surface area contributed by atoms with Crippen molar-refractivity contribution < 1.29 is 13.4 Å². The average Bonchev–Trinajstić information content (AvgIpc) is 3.15. The first kappa shape index (κ1) is 19.6. The molecule has 0 aliphatic carbocycles. The van der Waals surface area contributed by atoms with E-state index in [4.69, 9.17) is 4.42 Å². The summed E-state index contributed by atoms with van der Waals surface area (Å²) in [5.74, 6) is 0.773. The zero-order chi connectivity index (χ0) is 19.1. The molecule has 1 heterocycles. The summed E-state index contributed by atoms with van der Waals surface area (Å²) < 4.78 is 18.9. The number of carbonyl (C=O) groups is 1. The molecule has 0 saturated carbocycles. The fraction of sp³-hybridized carbons (Fsp3) is 0.190. The maximum Gasteiger partial charge on any atom is 0.286 e. The van der Waals surface area contributed by atoms with Crippen LogP contribution in [-0.2, 0) is 23.0 Å². The van der Waals surface area contributed by atoms with Crippen LogP contribution in [0.4, 0.5) is 0 Å². The van der Waals surface area contributed by atoms with E-state index in [2.05, 4.69) is 33.4 Å². The molecule has 2 aromatic carbocycles. The minimum Gasteiger partial charge on any atom is -0.455 e. The van der Waals surface area contributed by atoms with Crippen LogP contribution in [0.3, 0.4) is 0 Å². The summed E-state index contributed by atoms with van der Waals surface area (Å²) in [6, 6.07) is 20.8. The van der Waals surface area contributed by atoms with E-state index in [-0.39, 0.29) is 17.4 Å². The predicted octanol–water partition coefficient (Wildman–Crippen LogP) is 4.71. The largest absolute Gasteiger partial charge is 0.455 e. The topological polar surface area (TPSA) is 59.3 Å². The molecule has 27 heavy (non-hydrogen) atoms. The third-order valence-electron chi connectivity index (χ3n) is 4.01. The van der Waals surface area contributed by atoms with Crippen molar-refractivity contribution in [1.82, 2.24) is 5.32 Å². The molecule has 0 spiro atoms. The summed E-state index contributed by atoms with van der Waals surface area (Å²) in [6.07, 6.45) is 1.77. The molecular weight excluding hydrogens is 426 g/mol. The molecule has 0 fully saturated rings. The molecular formula is C21H20BrNO3S. The molecule has 1 amide bonds. The second-order valence-corrected chi connectivity index (χ2v) is 8.42. The Hall–Kier alpha value is -2.18. The average molecular weight is 446 g/mol. The van der Waals surface area contributed by atoms with Crippen molar-refractivity contribution in [3.63, 3.8) is 0 Å². The highest BCUT2D eigenvalue weighted by molar-refractivity contribution is 9.10. The lowest BCUT2D eigenvalue weighted by atomic mass is 10.1. The fourth-order valence-corrected chi connectivity index (χ4v) is 3.89. The molecule has 3 aromatic rings. The number of halogens is 1. The van der Waals surface area contributed by atoms with Gasteiger partial charge in [-0.15, -0.1) is 0 Å². The van der Waals surface area contributed by atoms with Gasteiger partial charge in [0, 0.05) is 15.9 Å². The molecule has 4 nitrogen and oxygen atoms in total. The van der Waals surface area contributed by atoms with E-state index in [1.165, 1.54) is 5.56 Å². The number of rotatable bonds is 8. The van der Waals surface area contributed by atoms with Gasteiger partial charge in [0.25, 0.3) is 5.91 Å². The lowest BCUT2D eigenvalue weighted by Gasteiger charge is -2.04. The van der Waals surface area contributed by atoms with Gasteiger partial charge in [0.2, 0.25) is 0 Å². The number of aryl methyl sites for hydroxylation is 1. The van der Waals surface area contributed by atoms with Crippen LogP contribution in [0.5, 0.6) is 0 Å². The molecule has 140 valence electrons. The number of furan rings is 1. The van der Waals surface area contributed by atoms with Crippen molar-refractivity contribution in [2.24, 2.45) is 0 Å². The van der Waals surface area contributed by atoms with Crippen LogP contribution in [0.25, 0.3) is 0 Å². The van der Waals surface area contributed by atoms with Gasteiger partial charge in [-0.3, -0.25) is 9.00 Å². The van der Waals surface area contributed by atoms with E-state index in [1.54, 1.807) is 12.1 Å². The molecule has 1 N–H and O–H groups in total. The van der Waals surface area contributed by atoms with E-state index >= 15 is 0 Å². The molecule has 1 atom stereocenters. The summed E-state index contributed by atoms with van der Waals surface area (Å²) in [4.78, 5) is 12.9. The molecule has 0 aliphatic rings. The molecule has 3 rings (SSSR count). The number of hydrogen-bond donors (Lipinski definition) is 1. The Kier molecular flexibility index (Phi) is 7.01. The van der Waals surface area contributed by atoms with Gasteiger partial charge >= 0.3 is 0 Å². The van der Waals surface area contributed by atoms with Gasteiger partial charge in [0.05, 0.1) is 16.6 Å². The smallest absolute Gasteiger partial charge is 0.286 e. The Balaban J connectivity index is 1.47.